The second kappa shape index (κ2) is 5.10. The fourth-order valence-electron chi connectivity index (χ4n) is 3.90. The number of amides is 1. The molecule has 4 rings (SSSR count). The maximum absolute atomic E-state index is 12.8. The SMILES string of the molecule is CC(C)N1CC[C@@H](CN2C(=O)c3cccc4cccc2c34)C1. The first-order valence-corrected chi connectivity index (χ1v) is 8.23. The highest BCUT2D eigenvalue weighted by Gasteiger charge is 2.33. The molecular weight excluding hydrogens is 272 g/mol. The third-order valence-electron chi connectivity index (χ3n) is 5.14. The van der Waals surface area contributed by atoms with Crippen LogP contribution in [0.5, 0.6) is 0 Å². The lowest BCUT2D eigenvalue weighted by molar-refractivity contribution is 0.0989. The van der Waals surface area contributed by atoms with E-state index in [1.165, 1.54) is 11.8 Å². The first kappa shape index (κ1) is 13.8. The van der Waals surface area contributed by atoms with Crippen LogP contribution in [-0.2, 0) is 0 Å². The number of hydrogen-bond acceptors (Lipinski definition) is 2. The molecule has 2 aromatic carbocycles. The molecule has 0 bridgehead atoms. The van der Waals surface area contributed by atoms with Crippen LogP contribution in [0.1, 0.15) is 30.6 Å². The summed E-state index contributed by atoms with van der Waals surface area (Å²) < 4.78 is 0. The van der Waals surface area contributed by atoms with Gasteiger partial charge in [0.05, 0.1) is 5.69 Å². The molecule has 22 heavy (non-hydrogen) atoms. The molecule has 2 aliphatic heterocycles. The first-order valence-electron chi connectivity index (χ1n) is 8.23. The fourth-order valence-corrected chi connectivity index (χ4v) is 3.90. The Bertz CT molecular complexity index is 732. The highest BCUT2D eigenvalue weighted by atomic mass is 16.2. The molecular formula is C19H22N2O. The topological polar surface area (TPSA) is 23.6 Å². The van der Waals surface area contributed by atoms with Crippen LogP contribution in [0, 0.1) is 5.92 Å². The van der Waals surface area contributed by atoms with E-state index < -0.39 is 0 Å². The number of anilines is 1. The van der Waals surface area contributed by atoms with Crippen LogP contribution in [0.25, 0.3) is 10.8 Å². The summed E-state index contributed by atoms with van der Waals surface area (Å²) in [5.74, 6) is 0.755. The summed E-state index contributed by atoms with van der Waals surface area (Å²) in [6, 6.07) is 12.9. The normalized spacial score (nSPS) is 21.5. The molecule has 0 radical (unpaired) electrons. The molecule has 0 spiro atoms. The van der Waals surface area contributed by atoms with E-state index in [4.69, 9.17) is 0 Å². The number of rotatable bonds is 3. The predicted octanol–water partition coefficient (Wildman–Crippen LogP) is 3.53. The molecule has 2 aliphatic rings. The predicted molar refractivity (Wildman–Crippen MR) is 90.4 cm³/mol. The van der Waals surface area contributed by atoms with Gasteiger partial charge in [-0.3, -0.25) is 4.79 Å². The highest BCUT2D eigenvalue weighted by molar-refractivity contribution is 6.25. The molecule has 0 unspecified atom stereocenters. The lowest BCUT2D eigenvalue weighted by Crippen LogP contribution is -2.34. The van der Waals surface area contributed by atoms with Gasteiger partial charge in [0.15, 0.2) is 0 Å². The van der Waals surface area contributed by atoms with Gasteiger partial charge in [-0.15, -0.1) is 0 Å². The molecule has 2 heterocycles. The maximum atomic E-state index is 12.8. The van der Waals surface area contributed by atoms with Gasteiger partial charge in [0.2, 0.25) is 0 Å². The van der Waals surface area contributed by atoms with Crippen molar-refractivity contribution in [3.05, 3.63) is 42.0 Å². The standard InChI is InChI=1S/C19H22N2O/c1-13(2)20-10-9-14(11-20)12-21-17-8-4-6-15-5-3-7-16(18(15)17)19(21)22/h3-8,13-14H,9-12H2,1-2H3/t14-/m1/s1. The lowest BCUT2D eigenvalue weighted by Gasteiger charge is -2.23. The Balaban J connectivity index is 1.63. The molecule has 114 valence electrons. The van der Waals surface area contributed by atoms with Crippen molar-refractivity contribution < 1.29 is 4.79 Å². The Morgan fingerprint density at radius 3 is 2.68 bits per heavy atom. The minimum absolute atomic E-state index is 0.176. The minimum Gasteiger partial charge on any atom is -0.307 e. The van der Waals surface area contributed by atoms with Gasteiger partial charge in [0.25, 0.3) is 5.91 Å². The van der Waals surface area contributed by atoms with Gasteiger partial charge in [-0.05, 0) is 50.2 Å². The van der Waals surface area contributed by atoms with Gasteiger partial charge in [-0.2, -0.15) is 0 Å². The third-order valence-corrected chi connectivity index (χ3v) is 5.14. The van der Waals surface area contributed by atoms with E-state index in [-0.39, 0.29) is 5.91 Å². The highest BCUT2D eigenvalue weighted by Crippen LogP contribution is 2.38. The van der Waals surface area contributed by atoms with E-state index in [9.17, 15) is 4.79 Å². The van der Waals surface area contributed by atoms with Gasteiger partial charge >= 0.3 is 0 Å². The Hall–Kier alpha value is -1.87. The zero-order valence-corrected chi connectivity index (χ0v) is 13.2. The molecule has 0 aliphatic carbocycles. The summed E-state index contributed by atoms with van der Waals surface area (Å²) in [5.41, 5.74) is 1.97. The van der Waals surface area contributed by atoms with Crippen LogP contribution in [0.4, 0.5) is 5.69 Å². The van der Waals surface area contributed by atoms with E-state index in [2.05, 4.69) is 43.0 Å². The number of likely N-dealkylation sites (tertiary alicyclic amines) is 1. The Morgan fingerprint density at radius 2 is 1.95 bits per heavy atom. The van der Waals surface area contributed by atoms with Gasteiger partial charge in [0.1, 0.15) is 0 Å². The third kappa shape index (κ3) is 2.03. The van der Waals surface area contributed by atoms with E-state index in [0.717, 1.165) is 36.3 Å². The van der Waals surface area contributed by atoms with Gasteiger partial charge in [0, 0.05) is 30.1 Å². The zero-order valence-electron chi connectivity index (χ0n) is 13.2. The second-order valence-corrected chi connectivity index (χ2v) is 6.84. The van der Waals surface area contributed by atoms with Crippen LogP contribution in [0.15, 0.2) is 36.4 Å². The molecule has 1 fully saturated rings. The summed E-state index contributed by atoms with van der Waals surface area (Å²) >= 11 is 0. The monoisotopic (exact) mass is 294 g/mol. The quantitative estimate of drug-likeness (QED) is 0.864. The van der Waals surface area contributed by atoms with Crippen molar-refractivity contribution in [1.82, 2.24) is 4.90 Å². The molecule has 1 saturated heterocycles. The van der Waals surface area contributed by atoms with Crippen LogP contribution in [0.2, 0.25) is 0 Å². The molecule has 3 nitrogen and oxygen atoms in total. The maximum Gasteiger partial charge on any atom is 0.259 e. The van der Waals surface area contributed by atoms with Crippen molar-refractivity contribution in [2.75, 3.05) is 24.5 Å². The van der Waals surface area contributed by atoms with Crippen molar-refractivity contribution >= 4 is 22.4 Å². The number of carbonyl (C=O) groups is 1. The number of carbonyl (C=O) groups excluding carboxylic acids is 1. The van der Waals surface area contributed by atoms with Crippen LogP contribution in [0.3, 0.4) is 0 Å². The zero-order chi connectivity index (χ0) is 15.3. The second-order valence-electron chi connectivity index (χ2n) is 6.84. The smallest absolute Gasteiger partial charge is 0.259 e. The van der Waals surface area contributed by atoms with Crippen molar-refractivity contribution in [2.45, 2.75) is 26.3 Å². The molecule has 1 atom stereocenters. The van der Waals surface area contributed by atoms with Crippen molar-refractivity contribution in [3.8, 4) is 0 Å². The van der Waals surface area contributed by atoms with E-state index in [0.29, 0.717) is 12.0 Å². The average molecular weight is 294 g/mol. The van der Waals surface area contributed by atoms with Gasteiger partial charge in [-0.25, -0.2) is 0 Å². The fraction of sp³-hybridized carbons (Fsp3) is 0.421. The van der Waals surface area contributed by atoms with Crippen molar-refractivity contribution in [3.63, 3.8) is 0 Å². The molecule has 3 heteroatoms. The number of nitrogens with zero attached hydrogens (tertiary/aromatic N) is 2. The molecule has 0 N–H and O–H groups in total. The van der Waals surface area contributed by atoms with Gasteiger partial charge in [-0.1, -0.05) is 24.3 Å². The number of hydrogen-bond donors (Lipinski definition) is 0. The van der Waals surface area contributed by atoms with Crippen LogP contribution in [-0.4, -0.2) is 36.5 Å². The first-order chi connectivity index (χ1) is 10.6. The Kier molecular flexibility index (Phi) is 3.19. The Morgan fingerprint density at radius 1 is 1.18 bits per heavy atom. The summed E-state index contributed by atoms with van der Waals surface area (Å²) in [6.07, 6.45) is 1.19. The van der Waals surface area contributed by atoms with E-state index in [1.54, 1.807) is 0 Å². The molecule has 2 aromatic rings. The van der Waals surface area contributed by atoms with Crippen LogP contribution < -0.4 is 4.90 Å². The lowest BCUT2D eigenvalue weighted by atomic mass is 10.1. The molecule has 0 saturated carbocycles. The summed E-state index contributed by atoms with van der Waals surface area (Å²) in [5, 5.41) is 2.30. The van der Waals surface area contributed by atoms with Crippen molar-refractivity contribution in [1.29, 1.82) is 0 Å². The molecule has 1 amide bonds. The van der Waals surface area contributed by atoms with E-state index in [1.807, 2.05) is 17.0 Å². The van der Waals surface area contributed by atoms with Crippen LogP contribution >= 0.6 is 0 Å². The summed E-state index contributed by atoms with van der Waals surface area (Å²) in [4.78, 5) is 17.3. The summed E-state index contributed by atoms with van der Waals surface area (Å²) in [7, 11) is 0. The number of benzene rings is 2. The Labute approximate surface area is 131 Å². The summed E-state index contributed by atoms with van der Waals surface area (Å²) in [6.45, 7) is 7.60. The van der Waals surface area contributed by atoms with Gasteiger partial charge < -0.3 is 9.80 Å². The average Bonchev–Trinajstić information content (AvgIpc) is 3.09. The molecule has 0 aromatic heterocycles. The minimum atomic E-state index is 0.176. The van der Waals surface area contributed by atoms with E-state index >= 15 is 0 Å². The van der Waals surface area contributed by atoms with Crippen molar-refractivity contribution in [2.24, 2.45) is 5.92 Å². The largest absolute Gasteiger partial charge is 0.307 e.